The molecule has 0 bridgehead atoms. The number of methoxy groups -OCH3 is 3. The molecule has 0 aliphatic carbocycles. The highest BCUT2D eigenvalue weighted by molar-refractivity contribution is 6.03. The third-order valence-corrected chi connectivity index (χ3v) is 4.75. The lowest BCUT2D eigenvalue weighted by Crippen LogP contribution is -2.16. The number of ether oxygens (including phenoxy) is 6. The first-order chi connectivity index (χ1) is 16.5. The molecule has 0 unspecified atom stereocenters. The van der Waals surface area contributed by atoms with Crippen molar-refractivity contribution < 1.29 is 38.0 Å². The van der Waals surface area contributed by atoms with Crippen molar-refractivity contribution in [2.75, 3.05) is 34.7 Å². The lowest BCUT2D eigenvalue weighted by Gasteiger charge is -2.16. The fourth-order valence-corrected chi connectivity index (χ4v) is 3.09. The van der Waals surface area contributed by atoms with Crippen molar-refractivity contribution >= 4 is 11.8 Å². The van der Waals surface area contributed by atoms with Gasteiger partial charge in [-0.3, -0.25) is 4.79 Å². The molecule has 0 aromatic heterocycles. The average molecular weight is 466 g/mol. The smallest absolute Gasteiger partial charge is 0.343 e. The number of benzene rings is 3. The fourth-order valence-electron chi connectivity index (χ4n) is 3.09. The number of rotatable bonds is 12. The number of esters is 1. The summed E-state index contributed by atoms with van der Waals surface area (Å²) in [5, 5.41) is 0. The summed E-state index contributed by atoms with van der Waals surface area (Å²) in [6.07, 6.45) is 0. The average Bonchev–Trinajstić information content (AvgIpc) is 2.87. The van der Waals surface area contributed by atoms with Crippen molar-refractivity contribution in [2.24, 2.45) is 0 Å². The maximum absolute atomic E-state index is 13.1. The van der Waals surface area contributed by atoms with Crippen LogP contribution in [0.3, 0.4) is 0 Å². The van der Waals surface area contributed by atoms with Crippen molar-refractivity contribution in [1.29, 1.82) is 0 Å². The minimum absolute atomic E-state index is 0.0143. The molecule has 0 atom stereocenters. The largest absolute Gasteiger partial charge is 0.497 e. The van der Waals surface area contributed by atoms with E-state index in [2.05, 4.69) is 0 Å². The molecule has 0 N–H and O–H groups in total. The van der Waals surface area contributed by atoms with Crippen molar-refractivity contribution in [3.63, 3.8) is 0 Å². The monoisotopic (exact) mass is 466 g/mol. The second kappa shape index (κ2) is 12.4. The molecule has 0 saturated carbocycles. The molecule has 0 radical (unpaired) electrons. The Hall–Kier alpha value is -3.88. The van der Waals surface area contributed by atoms with Crippen LogP contribution in [0.2, 0.25) is 0 Å². The van der Waals surface area contributed by atoms with Crippen LogP contribution in [0.25, 0.3) is 0 Å². The summed E-state index contributed by atoms with van der Waals surface area (Å²) in [6.45, 7) is -0.0238. The molecule has 0 aliphatic heterocycles. The topological polar surface area (TPSA) is 89.5 Å². The molecule has 0 heterocycles. The van der Waals surface area contributed by atoms with Gasteiger partial charge in [0.25, 0.3) is 0 Å². The third-order valence-electron chi connectivity index (χ3n) is 4.75. The quantitative estimate of drug-likeness (QED) is 0.169. The number of ketones is 1. The van der Waals surface area contributed by atoms with E-state index in [0.29, 0.717) is 11.5 Å². The second-order valence-electron chi connectivity index (χ2n) is 7.07. The molecule has 0 amide bonds. The summed E-state index contributed by atoms with van der Waals surface area (Å²) in [6, 6.07) is 18.8. The van der Waals surface area contributed by atoms with Crippen molar-refractivity contribution in [3.8, 4) is 23.0 Å². The van der Waals surface area contributed by atoms with Crippen LogP contribution in [0.15, 0.2) is 66.7 Å². The maximum atomic E-state index is 13.1. The summed E-state index contributed by atoms with van der Waals surface area (Å²) < 4.78 is 32.1. The van der Waals surface area contributed by atoms with Gasteiger partial charge in [0.1, 0.15) is 35.2 Å². The molecule has 0 aliphatic rings. The van der Waals surface area contributed by atoms with E-state index >= 15 is 0 Å². The number of Topliss-reactive ketones (excluding diaryl/α,β-unsaturated/α-hetero) is 1. The Labute approximate surface area is 197 Å². The SMILES string of the molecule is COCOc1cc(OC)c(C(=O)COCc2ccccc2)c(OC(=O)c2ccc(OC)cc2)c1. The Morgan fingerprint density at radius 1 is 0.794 bits per heavy atom. The van der Waals surface area contributed by atoms with Gasteiger partial charge in [0.05, 0.1) is 26.4 Å². The van der Waals surface area contributed by atoms with E-state index in [1.807, 2.05) is 30.3 Å². The van der Waals surface area contributed by atoms with Gasteiger partial charge in [-0.25, -0.2) is 4.79 Å². The van der Waals surface area contributed by atoms with Crippen LogP contribution < -0.4 is 18.9 Å². The Balaban J connectivity index is 1.85. The highest BCUT2D eigenvalue weighted by Crippen LogP contribution is 2.35. The molecule has 0 saturated heterocycles. The Morgan fingerprint density at radius 3 is 2.15 bits per heavy atom. The number of carbonyl (C=O) groups is 2. The van der Waals surface area contributed by atoms with Gasteiger partial charge in [-0.15, -0.1) is 0 Å². The predicted molar refractivity (Wildman–Crippen MR) is 124 cm³/mol. The van der Waals surface area contributed by atoms with Gasteiger partial charge in [-0.1, -0.05) is 30.3 Å². The van der Waals surface area contributed by atoms with Crippen molar-refractivity contribution in [3.05, 3.63) is 83.4 Å². The predicted octanol–water partition coefficient (Wildman–Crippen LogP) is 4.31. The van der Waals surface area contributed by atoms with Crippen LogP contribution in [0.1, 0.15) is 26.3 Å². The molecule has 0 spiro atoms. The summed E-state index contributed by atoms with van der Waals surface area (Å²) >= 11 is 0. The number of hydrogen-bond donors (Lipinski definition) is 0. The summed E-state index contributed by atoms with van der Waals surface area (Å²) in [5.41, 5.74) is 1.28. The minimum Gasteiger partial charge on any atom is -0.497 e. The third kappa shape index (κ3) is 6.57. The van der Waals surface area contributed by atoms with Crippen molar-refractivity contribution in [2.45, 2.75) is 6.61 Å². The van der Waals surface area contributed by atoms with Gasteiger partial charge in [0, 0.05) is 19.2 Å². The first-order valence-electron chi connectivity index (χ1n) is 10.4. The zero-order valence-electron chi connectivity index (χ0n) is 19.2. The normalized spacial score (nSPS) is 10.4. The Bertz CT molecular complexity index is 1090. The zero-order valence-corrected chi connectivity index (χ0v) is 19.2. The van der Waals surface area contributed by atoms with E-state index in [1.54, 1.807) is 24.3 Å². The van der Waals surface area contributed by atoms with Crippen LogP contribution in [-0.2, 0) is 16.1 Å². The van der Waals surface area contributed by atoms with Crippen LogP contribution in [0, 0.1) is 0 Å². The first kappa shape index (κ1) is 24.8. The molecule has 8 heteroatoms. The highest BCUT2D eigenvalue weighted by Gasteiger charge is 2.23. The first-order valence-corrected chi connectivity index (χ1v) is 10.4. The molecule has 178 valence electrons. The van der Waals surface area contributed by atoms with Gasteiger partial charge in [-0.2, -0.15) is 0 Å². The molecule has 3 aromatic rings. The van der Waals surface area contributed by atoms with Gasteiger partial charge in [-0.05, 0) is 29.8 Å². The van der Waals surface area contributed by atoms with E-state index in [1.165, 1.54) is 33.5 Å². The number of hydrogen-bond acceptors (Lipinski definition) is 8. The second-order valence-corrected chi connectivity index (χ2v) is 7.07. The number of carbonyl (C=O) groups excluding carboxylic acids is 2. The van der Waals surface area contributed by atoms with Gasteiger partial charge in [0.2, 0.25) is 0 Å². The Kier molecular flexibility index (Phi) is 9.02. The molecular formula is C26H26O8. The van der Waals surface area contributed by atoms with Gasteiger partial charge < -0.3 is 28.4 Å². The van der Waals surface area contributed by atoms with Crippen molar-refractivity contribution in [1.82, 2.24) is 0 Å². The molecule has 8 nitrogen and oxygen atoms in total. The van der Waals surface area contributed by atoms with E-state index < -0.39 is 11.8 Å². The summed E-state index contributed by atoms with van der Waals surface area (Å²) in [4.78, 5) is 25.9. The van der Waals surface area contributed by atoms with Gasteiger partial charge >= 0.3 is 5.97 Å². The standard InChI is InChI=1S/C26H26O8/c1-29-17-33-21-13-23(31-3)25(22(27)16-32-15-18-7-5-4-6-8-18)24(14-21)34-26(28)19-9-11-20(30-2)12-10-19/h4-14H,15-17H2,1-3H3. The lowest BCUT2D eigenvalue weighted by atomic mass is 10.1. The summed E-state index contributed by atoms with van der Waals surface area (Å²) in [5.74, 6) is -0.00641. The zero-order chi connectivity index (χ0) is 24.3. The van der Waals surface area contributed by atoms with Crippen LogP contribution in [-0.4, -0.2) is 46.5 Å². The summed E-state index contributed by atoms with van der Waals surface area (Å²) in [7, 11) is 4.42. The molecular weight excluding hydrogens is 440 g/mol. The Morgan fingerprint density at radius 2 is 1.50 bits per heavy atom. The van der Waals surface area contributed by atoms with E-state index in [0.717, 1.165) is 5.56 Å². The highest BCUT2D eigenvalue weighted by atomic mass is 16.7. The molecule has 3 aromatic carbocycles. The molecule has 3 rings (SSSR count). The lowest BCUT2D eigenvalue weighted by molar-refractivity contribution is 0.0506. The molecule has 34 heavy (non-hydrogen) atoms. The van der Waals surface area contributed by atoms with Gasteiger partial charge in [0.15, 0.2) is 12.6 Å². The molecule has 0 fully saturated rings. The van der Waals surface area contributed by atoms with E-state index in [-0.39, 0.29) is 42.6 Å². The fraction of sp³-hybridized carbons (Fsp3) is 0.231. The van der Waals surface area contributed by atoms with Crippen LogP contribution >= 0.6 is 0 Å². The van der Waals surface area contributed by atoms with E-state index in [9.17, 15) is 9.59 Å². The minimum atomic E-state index is -0.659. The van der Waals surface area contributed by atoms with Crippen LogP contribution in [0.4, 0.5) is 0 Å². The van der Waals surface area contributed by atoms with Crippen LogP contribution in [0.5, 0.6) is 23.0 Å². The maximum Gasteiger partial charge on any atom is 0.343 e. The van der Waals surface area contributed by atoms with E-state index in [4.69, 9.17) is 28.4 Å².